The summed E-state index contributed by atoms with van der Waals surface area (Å²) in [6.45, 7) is 0. The van der Waals surface area contributed by atoms with Gasteiger partial charge in [-0.2, -0.15) is 18.3 Å². The van der Waals surface area contributed by atoms with Crippen molar-refractivity contribution in [3.8, 4) is 0 Å². The molecule has 0 aromatic heterocycles. The fourth-order valence-corrected chi connectivity index (χ4v) is 0.946. The summed E-state index contributed by atoms with van der Waals surface area (Å²) < 4.78 is 62.1. The lowest BCUT2D eigenvalue weighted by Gasteiger charge is -2.08. The van der Waals surface area contributed by atoms with Crippen molar-refractivity contribution in [3.05, 3.63) is 34.9 Å². The average Bonchev–Trinajstić information content (AvgIpc) is 2.09. The van der Waals surface area contributed by atoms with Gasteiger partial charge in [0.05, 0.1) is 17.3 Å². The standard InChI is InChI=1S/C8H5F5N2/c9-6-1-4(8(11,12)13)2-7(10)5(6)3-15-14/h1-3H,14H2. The van der Waals surface area contributed by atoms with Crippen LogP contribution in [0.4, 0.5) is 22.0 Å². The van der Waals surface area contributed by atoms with Crippen LogP contribution in [-0.2, 0) is 6.18 Å². The predicted octanol–water partition coefficient (Wildman–Crippen LogP) is 2.28. The quantitative estimate of drug-likeness (QED) is 0.338. The first-order valence-electron chi connectivity index (χ1n) is 3.65. The van der Waals surface area contributed by atoms with Gasteiger partial charge >= 0.3 is 6.18 Å². The van der Waals surface area contributed by atoms with E-state index < -0.39 is 28.9 Å². The van der Waals surface area contributed by atoms with Crippen LogP contribution in [0, 0.1) is 11.6 Å². The molecule has 2 N–H and O–H groups in total. The molecule has 0 atom stereocenters. The first kappa shape index (κ1) is 11.4. The molecule has 15 heavy (non-hydrogen) atoms. The minimum absolute atomic E-state index is 0.181. The van der Waals surface area contributed by atoms with Gasteiger partial charge in [-0.15, -0.1) is 0 Å². The lowest BCUT2D eigenvalue weighted by atomic mass is 10.1. The number of rotatable bonds is 1. The van der Waals surface area contributed by atoms with Gasteiger partial charge in [-0.1, -0.05) is 0 Å². The van der Waals surface area contributed by atoms with Gasteiger partial charge in [0.2, 0.25) is 0 Å². The average molecular weight is 224 g/mol. The number of hydrogen-bond acceptors (Lipinski definition) is 2. The molecule has 0 saturated heterocycles. The Hall–Kier alpha value is -1.66. The number of nitrogens with zero attached hydrogens (tertiary/aromatic N) is 1. The third-order valence-electron chi connectivity index (χ3n) is 1.61. The third kappa shape index (κ3) is 2.42. The van der Waals surface area contributed by atoms with Gasteiger partial charge in [-0.3, -0.25) is 0 Å². The molecule has 1 rings (SSSR count). The molecule has 7 heteroatoms. The number of alkyl halides is 3. The Balaban J connectivity index is 3.32. The van der Waals surface area contributed by atoms with Gasteiger partial charge in [0.15, 0.2) is 0 Å². The number of benzene rings is 1. The minimum Gasteiger partial charge on any atom is -0.323 e. The summed E-state index contributed by atoms with van der Waals surface area (Å²) in [5.74, 6) is 1.91. The van der Waals surface area contributed by atoms with Gasteiger partial charge in [-0.25, -0.2) is 8.78 Å². The Bertz CT molecular complexity index is 374. The maximum Gasteiger partial charge on any atom is 0.416 e. The highest BCUT2D eigenvalue weighted by Gasteiger charge is 2.32. The zero-order chi connectivity index (χ0) is 11.6. The molecule has 0 fully saturated rings. The molecular formula is C8H5F5N2. The highest BCUT2D eigenvalue weighted by Crippen LogP contribution is 2.31. The van der Waals surface area contributed by atoms with Gasteiger partial charge < -0.3 is 5.84 Å². The van der Waals surface area contributed by atoms with E-state index in [9.17, 15) is 22.0 Å². The van der Waals surface area contributed by atoms with Crippen molar-refractivity contribution in [3.63, 3.8) is 0 Å². The van der Waals surface area contributed by atoms with Crippen LogP contribution in [0.5, 0.6) is 0 Å². The maximum atomic E-state index is 12.9. The molecule has 0 aliphatic heterocycles. The highest BCUT2D eigenvalue weighted by atomic mass is 19.4. The van der Waals surface area contributed by atoms with Crippen LogP contribution in [0.2, 0.25) is 0 Å². The summed E-state index contributed by atoms with van der Waals surface area (Å²) in [7, 11) is 0. The van der Waals surface area contributed by atoms with E-state index in [1.165, 1.54) is 0 Å². The second-order valence-electron chi connectivity index (χ2n) is 2.63. The fraction of sp³-hybridized carbons (Fsp3) is 0.125. The van der Waals surface area contributed by atoms with Gasteiger partial charge in [-0.05, 0) is 12.1 Å². The molecule has 2 nitrogen and oxygen atoms in total. The van der Waals surface area contributed by atoms with Gasteiger partial charge in [0.1, 0.15) is 11.6 Å². The van der Waals surface area contributed by atoms with Gasteiger partial charge in [0.25, 0.3) is 0 Å². The lowest BCUT2D eigenvalue weighted by molar-refractivity contribution is -0.138. The Morgan fingerprint density at radius 3 is 1.93 bits per heavy atom. The smallest absolute Gasteiger partial charge is 0.323 e. The Morgan fingerprint density at radius 2 is 1.60 bits per heavy atom. The van der Waals surface area contributed by atoms with E-state index >= 15 is 0 Å². The molecule has 0 amide bonds. The van der Waals surface area contributed by atoms with Crippen LogP contribution in [-0.4, -0.2) is 6.21 Å². The molecule has 1 aromatic carbocycles. The summed E-state index contributed by atoms with van der Waals surface area (Å²) in [5.41, 5.74) is -2.10. The molecule has 0 heterocycles. The topological polar surface area (TPSA) is 38.4 Å². The van der Waals surface area contributed by atoms with E-state index in [0.29, 0.717) is 6.21 Å². The molecule has 0 spiro atoms. The van der Waals surface area contributed by atoms with Crippen molar-refractivity contribution in [1.29, 1.82) is 0 Å². The number of halogens is 5. The molecule has 0 bridgehead atoms. The molecule has 1 aromatic rings. The van der Waals surface area contributed by atoms with Crippen molar-refractivity contribution < 1.29 is 22.0 Å². The monoisotopic (exact) mass is 224 g/mol. The van der Waals surface area contributed by atoms with E-state index in [1.54, 1.807) is 0 Å². The second kappa shape index (κ2) is 3.84. The van der Waals surface area contributed by atoms with Gasteiger partial charge in [0, 0.05) is 0 Å². The van der Waals surface area contributed by atoms with Crippen LogP contribution in [0.3, 0.4) is 0 Å². The zero-order valence-electron chi connectivity index (χ0n) is 7.15. The van der Waals surface area contributed by atoms with E-state index in [-0.39, 0.29) is 12.1 Å². The van der Waals surface area contributed by atoms with Crippen molar-refractivity contribution in [2.75, 3.05) is 0 Å². The SMILES string of the molecule is NN=Cc1c(F)cc(C(F)(F)F)cc1F. The van der Waals surface area contributed by atoms with E-state index in [4.69, 9.17) is 0 Å². The van der Waals surface area contributed by atoms with E-state index in [0.717, 1.165) is 0 Å². The Kier molecular flexibility index (Phi) is 2.92. The Morgan fingerprint density at radius 1 is 1.13 bits per heavy atom. The van der Waals surface area contributed by atoms with Crippen molar-refractivity contribution in [1.82, 2.24) is 0 Å². The maximum absolute atomic E-state index is 12.9. The second-order valence-corrected chi connectivity index (χ2v) is 2.63. The Labute approximate surface area is 81.2 Å². The van der Waals surface area contributed by atoms with Crippen LogP contribution < -0.4 is 5.84 Å². The van der Waals surface area contributed by atoms with E-state index in [2.05, 4.69) is 10.9 Å². The minimum atomic E-state index is -4.79. The normalized spacial score (nSPS) is 12.3. The highest BCUT2D eigenvalue weighted by molar-refractivity contribution is 5.80. The lowest BCUT2D eigenvalue weighted by Crippen LogP contribution is -2.08. The first-order chi connectivity index (χ1) is 6.86. The number of hydrazone groups is 1. The molecule has 0 saturated carbocycles. The van der Waals surface area contributed by atoms with Crippen LogP contribution in [0.25, 0.3) is 0 Å². The molecule has 82 valence electrons. The fourth-order valence-electron chi connectivity index (χ4n) is 0.946. The number of hydrogen-bond donors (Lipinski definition) is 1. The van der Waals surface area contributed by atoms with Crippen molar-refractivity contribution in [2.45, 2.75) is 6.18 Å². The molecule has 0 radical (unpaired) electrons. The van der Waals surface area contributed by atoms with Crippen molar-refractivity contribution in [2.24, 2.45) is 10.9 Å². The first-order valence-corrected chi connectivity index (χ1v) is 3.65. The zero-order valence-corrected chi connectivity index (χ0v) is 7.15. The van der Waals surface area contributed by atoms with Crippen molar-refractivity contribution >= 4 is 6.21 Å². The summed E-state index contributed by atoms with van der Waals surface area (Å²) in [4.78, 5) is 0. The van der Waals surface area contributed by atoms with Crippen LogP contribution in [0.1, 0.15) is 11.1 Å². The third-order valence-corrected chi connectivity index (χ3v) is 1.61. The number of nitrogens with two attached hydrogens (primary N) is 1. The van der Waals surface area contributed by atoms with Crippen LogP contribution >= 0.6 is 0 Å². The molecular weight excluding hydrogens is 219 g/mol. The molecule has 0 unspecified atom stereocenters. The largest absolute Gasteiger partial charge is 0.416 e. The summed E-state index contributed by atoms with van der Waals surface area (Å²) in [5, 5.41) is 2.83. The summed E-state index contributed by atoms with van der Waals surface area (Å²) >= 11 is 0. The molecule has 0 aliphatic carbocycles. The van der Waals surface area contributed by atoms with E-state index in [1.807, 2.05) is 0 Å². The summed E-state index contributed by atoms with van der Waals surface area (Å²) in [6.07, 6.45) is -4.19. The molecule has 0 aliphatic rings. The predicted molar refractivity (Wildman–Crippen MR) is 43.1 cm³/mol. The van der Waals surface area contributed by atoms with Crippen LogP contribution in [0.15, 0.2) is 17.2 Å². The summed E-state index contributed by atoms with van der Waals surface area (Å²) in [6, 6.07) is 0.361.